The van der Waals surface area contributed by atoms with Gasteiger partial charge in [0, 0.05) is 10.7 Å². The molecule has 0 aromatic heterocycles. The highest BCUT2D eigenvalue weighted by Crippen LogP contribution is 2.22. The summed E-state index contributed by atoms with van der Waals surface area (Å²) in [6.45, 7) is 0. The molecule has 120 valence electrons. The van der Waals surface area contributed by atoms with E-state index in [9.17, 15) is 9.59 Å². The minimum absolute atomic E-state index is 0.0725. The van der Waals surface area contributed by atoms with E-state index >= 15 is 0 Å². The molecule has 1 N–H and O–H groups in total. The minimum atomic E-state index is -1.03. The van der Waals surface area contributed by atoms with Crippen LogP contribution in [-0.4, -0.2) is 23.1 Å². The molecular formula is C17H12BrN3O2S. The molecule has 0 unspecified atom stereocenters. The molecule has 1 heterocycles. The van der Waals surface area contributed by atoms with E-state index in [4.69, 9.17) is 12.2 Å². The quantitative estimate of drug-likeness (QED) is 0.487. The summed E-state index contributed by atoms with van der Waals surface area (Å²) >= 11 is 8.49. The summed E-state index contributed by atoms with van der Waals surface area (Å²) in [5.74, 6) is -1.93. The molecule has 0 radical (unpaired) electrons. The first-order valence-corrected chi connectivity index (χ1v) is 8.30. The normalized spacial score (nSPS) is 18.1. The number of nitrogens with zero attached hydrogens (tertiary/aromatic N) is 2. The highest BCUT2D eigenvalue weighted by atomic mass is 79.9. The van der Waals surface area contributed by atoms with Gasteiger partial charge in [-0.1, -0.05) is 40.2 Å². The molecule has 1 aliphatic rings. The summed E-state index contributed by atoms with van der Waals surface area (Å²) in [7, 11) is 0. The molecule has 0 bridgehead atoms. The number of rotatable bonds is 3. The maximum atomic E-state index is 12.7. The summed E-state index contributed by atoms with van der Waals surface area (Å²) in [4.78, 5) is 30.4. The fourth-order valence-corrected chi connectivity index (χ4v) is 2.94. The first-order chi connectivity index (χ1) is 11.6. The third-order valence-corrected chi connectivity index (χ3v) is 4.18. The fraction of sp³-hybridized carbons (Fsp3) is 0.0588. The Labute approximate surface area is 152 Å². The van der Waals surface area contributed by atoms with Crippen molar-refractivity contribution in [1.82, 2.24) is 5.32 Å². The Morgan fingerprint density at radius 1 is 1.12 bits per heavy atom. The Hall–Kier alpha value is -2.38. The van der Waals surface area contributed by atoms with Crippen molar-refractivity contribution in [3.8, 4) is 0 Å². The second kappa shape index (κ2) is 7.02. The van der Waals surface area contributed by atoms with Crippen LogP contribution in [0.5, 0.6) is 0 Å². The van der Waals surface area contributed by atoms with Gasteiger partial charge in [-0.15, -0.1) is 0 Å². The lowest BCUT2D eigenvalue weighted by molar-refractivity contribution is -0.130. The number of carbonyl (C=O) groups excluding carboxylic acids is 2. The van der Waals surface area contributed by atoms with Crippen molar-refractivity contribution in [1.29, 1.82) is 0 Å². The van der Waals surface area contributed by atoms with Gasteiger partial charge >= 0.3 is 0 Å². The van der Waals surface area contributed by atoms with E-state index in [-0.39, 0.29) is 5.11 Å². The van der Waals surface area contributed by atoms with Gasteiger partial charge in [0.1, 0.15) is 0 Å². The summed E-state index contributed by atoms with van der Waals surface area (Å²) in [6.07, 6.45) is 1.34. The van der Waals surface area contributed by atoms with Gasteiger partial charge in [0.2, 0.25) is 5.91 Å². The summed E-state index contributed by atoms with van der Waals surface area (Å²) < 4.78 is 0.865. The van der Waals surface area contributed by atoms with Crippen molar-refractivity contribution in [3.05, 3.63) is 59.1 Å². The Kier molecular flexibility index (Phi) is 4.82. The number of halogens is 1. The van der Waals surface area contributed by atoms with Crippen LogP contribution in [0.25, 0.3) is 0 Å². The van der Waals surface area contributed by atoms with Crippen LogP contribution in [0.3, 0.4) is 0 Å². The Balaban J connectivity index is 1.88. The summed E-state index contributed by atoms with van der Waals surface area (Å²) in [6, 6.07) is 16.2. The molecule has 1 atom stereocenters. The van der Waals surface area contributed by atoms with Crippen LogP contribution < -0.4 is 10.2 Å². The van der Waals surface area contributed by atoms with Crippen molar-refractivity contribution >= 4 is 62.7 Å². The Morgan fingerprint density at radius 3 is 2.58 bits per heavy atom. The first kappa shape index (κ1) is 16.5. The largest absolute Gasteiger partial charge is 0.301 e. The summed E-state index contributed by atoms with van der Waals surface area (Å²) in [5.41, 5.74) is 1.25. The topological polar surface area (TPSA) is 61.8 Å². The second-order valence-corrected chi connectivity index (χ2v) is 6.34. The lowest BCUT2D eigenvalue weighted by atomic mass is 10.1. The average Bonchev–Trinajstić information content (AvgIpc) is 2.55. The van der Waals surface area contributed by atoms with E-state index in [0.29, 0.717) is 11.4 Å². The van der Waals surface area contributed by atoms with E-state index < -0.39 is 17.7 Å². The lowest BCUT2D eigenvalue weighted by Crippen LogP contribution is -2.58. The zero-order valence-electron chi connectivity index (χ0n) is 12.3. The van der Waals surface area contributed by atoms with Gasteiger partial charge in [0.25, 0.3) is 5.91 Å². The third-order valence-electron chi connectivity index (χ3n) is 3.40. The predicted molar refractivity (Wildman–Crippen MR) is 100 cm³/mol. The van der Waals surface area contributed by atoms with Gasteiger partial charge in [-0.3, -0.25) is 19.5 Å². The van der Waals surface area contributed by atoms with E-state index in [2.05, 4.69) is 26.2 Å². The number of carbonyl (C=O) groups is 2. The van der Waals surface area contributed by atoms with Crippen LogP contribution in [0, 0.1) is 5.92 Å². The zero-order valence-corrected chi connectivity index (χ0v) is 14.8. The number of benzene rings is 2. The van der Waals surface area contributed by atoms with Gasteiger partial charge in [0.15, 0.2) is 11.0 Å². The number of para-hydroxylation sites is 1. The van der Waals surface area contributed by atoms with Crippen molar-refractivity contribution in [2.45, 2.75) is 0 Å². The molecule has 0 spiro atoms. The van der Waals surface area contributed by atoms with Crippen LogP contribution >= 0.6 is 28.1 Å². The van der Waals surface area contributed by atoms with Gasteiger partial charge in [-0.05, 0) is 42.5 Å². The molecule has 0 aliphatic carbocycles. The number of thiocarbonyl (C=S) groups is 1. The fourth-order valence-electron chi connectivity index (χ4n) is 2.26. The molecule has 7 heteroatoms. The van der Waals surface area contributed by atoms with Crippen molar-refractivity contribution < 1.29 is 9.59 Å². The monoisotopic (exact) mass is 401 g/mol. The highest BCUT2D eigenvalue weighted by Gasteiger charge is 2.38. The van der Waals surface area contributed by atoms with Crippen molar-refractivity contribution in [2.75, 3.05) is 4.90 Å². The zero-order chi connectivity index (χ0) is 17.1. The molecule has 1 aliphatic heterocycles. The van der Waals surface area contributed by atoms with E-state index in [0.717, 1.165) is 4.47 Å². The van der Waals surface area contributed by atoms with Crippen LogP contribution in [0.2, 0.25) is 0 Å². The highest BCUT2D eigenvalue weighted by molar-refractivity contribution is 9.10. The lowest BCUT2D eigenvalue weighted by Gasteiger charge is -2.30. The number of hydrogen-bond acceptors (Lipinski definition) is 4. The number of aliphatic imine (C=N–C) groups is 1. The maximum Gasteiger partial charge on any atom is 0.251 e. The van der Waals surface area contributed by atoms with Crippen LogP contribution in [0.15, 0.2) is 64.1 Å². The third kappa shape index (κ3) is 3.42. The van der Waals surface area contributed by atoms with Crippen LogP contribution in [0.1, 0.15) is 0 Å². The minimum Gasteiger partial charge on any atom is -0.301 e. The smallest absolute Gasteiger partial charge is 0.251 e. The SMILES string of the molecule is O=C1NC(=S)N(c2ccccc2)C(=O)[C@@H]1C=Nc1cccc(Br)c1. The maximum absolute atomic E-state index is 12.7. The Bertz CT molecular complexity index is 839. The first-order valence-electron chi connectivity index (χ1n) is 7.10. The molecule has 3 rings (SSSR count). The molecule has 1 fully saturated rings. The molecule has 2 aromatic carbocycles. The van der Waals surface area contributed by atoms with Gasteiger partial charge in [0.05, 0.1) is 11.4 Å². The van der Waals surface area contributed by atoms with E-state index in [1.807, 2.05) is 18.2 Å². The van der Waals surface area contributed by atoms with Gasteiger partial charge in [-0.25, -0.2) is 0 Å². The number of nitrogens with one attached hydrogen (secondary N) is 1. The molecule has 0 saturated carbocycles. The molecule has 2 aromatic rings. The molecule has 1 saturated heterocycles. The molecular weight excluding hydrogens is 390 g/mol. The van der Waals surface area contributed by atoms with Crippen molar-refractivity contribution in [2.24, 2.45) is 10.9 Å². The summed E-state index contributed by atoms with van der Waals surface area (Å²) in [5, 5.41) is 2.63. The van der Waals surface area contributed by atoms with E-state index in [1.165, 1.54) is 11.1 Å². The molecule has 5 nitrogen and oxygen atoms in total. The second-order valence-electron chi connectivity index (χ2n) is 5.04. The standard InChI is InChI=1S/C17H12BrN3O2S/c18-11-5-4-6-12(9-11)19-10-14-15(22)20-17(24)21(16(14)23)13-7-2-1-3-8-13/h1-10,14H,(H,20,22,24)/t14-/m1/s1. The molecule has 2 amide bonds. The van der Waals surface area contributed by atoms with Crippen LogP contribution in [-0.2, 0) is 9.59 Å². The van der Waals surface area contributed by atoms with Crippen molar-refractivity contribution in [3.63, 3.8) is 0 Å². The van der Waals surface area contributed by atoms with Gasteiger partial charge < -0.3 is 5.32 Å². The average molecular weight is 402 g/mol. The Morgan fingerprint density at radius 2 is 1.88 bits per heavy atom. The van der Waals surface area contributed by atoms with E-state index in [1.54, 1.807) is 36.4 Å². The van der Waals surface area contributed by atoms with Gasteiger partial charge in [-0.2, -0.15) is 0 Å². The number of amides is 2. The number of hydrogen-bond donors (Lipinski definition) is 1. The number of anilines is 1. The molecule has 24 heavy (non-hydrogen) atoms. The predicted octanol–water partition coefficient (Wildman–Crippen LogP) is 3.22. The van der Waals surface area contributed by atoms with Crippen LogP contribution in [0.4, 0.5) is 11.4 Å².